The summed E-state index contributed by atoms with van der Waals surface area (Å²) in [6.07, 6.45) is 2.01. The molecule has 1 atom stereocenters. The van der Waals surface area contributed by atoms with E-state index in [9.17, 15) is 14.4 Å². The second kappa shape index (κ2) is 5.37. The molecule has 1 unspecified atom stereocenters. The number of pyridine rings is 1. The Morgan fingerprint density at radius 2 is 1.83 bits per heavy atom. The van der Waals surface area contributed by atoms with E-state index in [0.717, 1.165) is 0 Å². The Hall–Kier alpha value is -2.28. The Bertz CT molecular complexity index is 474. The van der Waals surface area contributed by atoms with Crippen LogP contribution in [0.4, 0.5) is 0 Å². The molecule has 0 saturated heterocycles. The third kappa shape index (κ3) is 3.11. The van der Waals surface area contributed by atoms with Crippen molar-refractivity contribution in [3.05, 3.63) is 30.1 Å². The molecule has 0 fully saturated rings. The number of hydrogen-bond acceptors (Lipinski definition) is 5. The van der Waals surface area contributed by atoms with Crippen LogP contribution in [-0.4, -0.2) is 33.3 Å². The molecule has 5 N–H and O–H groups in total. The first kappa shape index (κ1) is 13.8. The van der Waals surface area contributed by atoms with Gasteiger partial charge in [0.05, 0.1) is 6.42 Å². The number of rotatable bonds is 6. The highest BCUT2D eigenvalue weighted by Crippen LogP contribution is 2.12. The molecule has 0 aliphatic rings. The average molecular weight is 251 g/mol. The zero-order valence-corrected chi connectivity index (χ0v) is 9.50. The first-order valence-corrected chi connectivity index (χ1v) is 5.09. The van der Waals surface area contributed by atoms with Gasteiger partial charge in [-0.1, -0.05) is 0 Å². The molecule has 1 amide bonds. The van der Waals surface area contributed by atoms with Gasteiger partial charge in [0.1, 0.15) is 0 Å². The van der Waals surface area contributed by atoms with Crippen LogP contribution in [0.1, 0.15) is 12.0 Å². The lowest BCUT2D eigenvalue weighted by Gasteiger charge is -2.21. The number of Topliss-reactive ketones (excluding diaryl/α,β-unsaturated/α-hetero) is 1. The van der Waals surface area contributed by atoms with E-state index in [0.29, 0.717) is 5.56 Å². The molecule has 0 spiro atoms. The summed E-state index contributed by atoms with van der Waals surface area (Å²) in [5.41, 5.74) is 8.65. The van der Waals surface area contributed by atoms with Gasteiger partial charge in [-0.3, -0.25) is 14.6 Å². The third-order valence-corrected chi connectivity index (χ3v) is 2.45. The predicted molar refractivity (Wildman–Crippen MR) is 61.3 cm³/mol. The Morgan fingerprint density at radius 3 is 2.28 bits per heavy atom. The molecule has 1 heterocycles. The van der Waals surface area contributed by atoms with Gasteiger partial charge in [-0.25, -0.2) is 4.79 Å². The minimum atomic E-state index is -2.28. The zero-order valence-electron chi connectivity index (χ0n) is 9.50. The van der Waals surface area contributed by atoms with Crippen LogP contribution in [0.15, 0.2) is 24.5 Å². The lowest BCUT2D eigenvalue weighted by Crippen LogP contribution is -2.57. The van der Waals surface area contributed by atoms with Crippen LogP contribution in [0.3, 0.4) is 0 Å². The molecule has 1 aromatic rings. The SMILES string of the molecule is NC(=O)CC(N)(C(=O)O)C(=O)Cc1ccncc1. The monoisotopic (exact) mass is 251 g/mol. The summed E-state index contributed by atoms with van der Waals surface area (Å²) in [5, 5.41) is 8.96. The second-order valence-corrected chi connectivity index (χ2v) is 3.88. The fourth-order valence-corrected chi connectivity index (χ4v) is 1.41. The van der Waals surface area contributed by atoms with Crippen LogP contribution >= 0.6 is 0 Å². The number of aromatic nitrogens is 1. The average Bonchev–Trinajstić information content (AvgIpc) is 2.29. The highest BCUT2D eigenvalue weighted by Gasteiger charge is 2.43. The summed E-state index contributed by atoms with van der Waals surface area (Å²) in [7, 11) is 0. The van der Waals surface area contributed by atoms with Gasteiger partial charge in [0.15, 0.2) is 11.3 Å². The number of nitrogens with zero attached hydrogens (tertiary/aromatic N) is 1. The summed E-state index contributed by atoms with van der Waals surface area (Å²) in [6.45, 7) is 0. The fourth-order valence-electron chi connectivity index (χ4n) is 1.41. The van der Waals surface area contributed by atoms with E-state index in [1.165, 1.54) is 12.4 Å². The summed E-state index contributed by atoms with van der Waals surface area (Å²) >= 11 is 0. The number of aliphatic carboxylic acids is 1. The molecule has 0 aromatic carbocycles. The number of carbonyl (C=O) groups excluding carboxylic acids is 2. The number of carbonyl (C=O) groups is 3. The molecule has 1 rings (SSSR count). The van der Waals surface area contributed by atoms with Gasteiger partial charge in [-0.05, 0) is 17.7 Å². The van der Waals surface area contributed by atoms with Gasteiger partial charge in [0.2, 0.25) is 5.91 Å². The van der Waals surface area contributed by atoms with Gasteiger partial charge in [0.25, 0.3) is 0 Å². The molecule has 18 heavy (non-hydrogen) atoms. The van der Waals surface area contributed by atoms with Crippen molar-refractivity contribution in [2.24, 2.45) is 11.5 Å². The summed E-state index contributed by atoms with van der Waals surface area (Å²) in [6, 6.07) is 3.12. The van der Waals surface area contributed by atoms with Crippen molar-refractivity contribution in [3.63, 3.8) is 0 Å². The maximum atomic E-state index is 11.9. The van der Waals surface area contributed by atoms with Gasteiger partial charge < -0.3 is 16.6 Å². The quantitative estimate of drug-likeness (QED) is 0.546. The largest absolute Gasteiger partial charge is 0.480 e. The van der Waals surface area contributed by atoms with Crippen molar-refractivity contribution < 1.29 is 19.5 Å². The van der Waals surface area contributed by atoms with Crippen LogP contribution in [-0.2, 0) is 20.8 Å². The lowest BCUT2D eigenvalue weighted by atomic mass is 9.87. The second-order valence-electron chi connectivity index (χ2n) is 3.88. The van der Waals surface area contributed by atoms with Gasteiger partial charge >= 0.3 is 5.97 Å². The molecule has 0 aliphatic heterocycles. The van der Waals surface area contributed by atoms with E-state index in [-0.39, 0.29) is 6.42 Å². The predicted octanol–water partition coefficient (Wildman–Crippen LogP) is -1.15. The summed E-state index contributed by atoms with van der Waals surface area (Å²) < 4.78 is 0. The highest BCUT2D eigenvalue weighted by molar-refractivity contribution is 6.10. The minimum Gasteiger partial charge on any atom is -0.480 e. The molecule has 7 nitrogen and oxygen atoms in total. The lowest BCUT2D eigenvalue weighted by molar-refractivity contribution is -0.150. The molecule has 1 aromatic heterocycles. The Labute approximate surface area is 103 Å². The number of hydrogen-bond donors (Lipinski definition) is 3. The van der Waals surface area contributed by atoms with Crippen LogP contribution < -0.4 is 11.5 Å². The van der Waals surface area contributed by atoms with E-state index in [1.807, 2.05) is 0 Å². The van der Waals surface area contributed by atoms with Crippen molar-refractivity contribution in [2.75, 3.05) is 0 Å². The number of amides is 1. The van der Waals surface area contributed by atoms with Crippen molar-refractivity contribution in [1.29, 1.82) is 0 Å². The van der Waals surface area contributed by atoms with Crippen molar-refractivity contribution in [1.82, 2.24) is 4.98 Å². The van der Waals surface area contributed by atoms with Gasteiger partial charge in [-0.15, -0.1) is 0 Å². The molecule has 0 radical (unpaired) electrons. The molecule has 0 bridgehead atoms. The maximum absolute atomic E-state index is 11.9. The van der Waals surface area contributed by atoms with Crippen LogP contribution in [0.25, 0.3) is 0 Å². The number of ketones is 1. The Balaban J connectivity index is 2.91. The van der Waals surface area contributed by atoms with Crippen LogP contribution in [0, 0.1) is 0 Å². The fraction of sp³-hybridized carbons (Fsp3) is 0.273. The number of carboxylic acid groups (broad SMARTS) is 1. The highest BCUT2D eigenvalue weighted by atomic mass is 16.4. The van der Waals surface area contributed by atoms with Crippen LogP contribution in [0.5, 0.6) is 0 Å². The molecular weight excluding hydrogens is 238 g/mol. The Morgan fingerprint density at radius 1 is 1.28 bits per heavy atom. The minimum absolute atomic E-state index is 0.196. The van der Waals surface area contributed by atoms with E-state index in [2.05, 4.69) is 4.98 Å². The maximum Gasteiger partial charge on any atom is 0.332 e. The summed E-state index contributed by atoms with van der Waals surface area (Å²) in [5.74, 6) is -3.29. The summed E-state index contributed by atoms with van der Waals surface area (Å²) in [4.78, 5) is 37.5. The third-order valence-electron chi connectivity index (χ3n) is 2.45. The van der Waals surface area contributed by atoms with E-state index in [1.54, 1.807) is 12.1 Å². The first-order chi connectivity index (χ1) is 8.36. The van der Waals surface area contributed by atoms with E-state index in [4.69, 9.17) is 16.6 Å². The standard InChI is InChI=1S/C11H13N3O4/c12-9(16)6-11(13,10(17)18)8(15)5-7-1-3-14-4-2-7/h1-4H,5-6,13H2,(H2,12,16)(H,17,18). The molecule has 96 valence electrons. The van der Waals surface area contributed by atoms with E-state index < -0.39 is 29.6 Å². The molecular formula is C11H13N3O4. The topological polar surface area (TPSA) is 136 Å². The smallest absolute Gasteiger partial charge is 0.332 e. The normalized spacial score (nSPS) is 13.6. The van der Waals surface area contributed by atoms with Crippen molar-refractivity contribution in [2.45, 2.75) is 18.4 Å². The van der Waals surface area contributed by atoms with Crippen molar-refractivity contribution in [3.8, 4) is 0 Å². The first-order valence-electron chi connectivity index (χ1n) is 5.09. The molecule has 0 aliphatic carbocycles. The van der Waals surface area contributed by atoms with Crippen LogP contribution in [0.2, 0.25) is 0 Å². The van der Waals surface area contributed by atoms with Crippen molar-refractivity contribution >= 4 is 17.7 Å². The van der Waals surface area contributed by atoms with Gasteiger partial charge in [-0.2, -0.15) is 0 Å². The Kier molecular flexibility index (Phi) is 4.11. The number of carboxylic acids is 1. The molecule has 7 heteroatoms. The number of nitrogens with two attached hydrogens (primary N) is 2. The van der Waals surface area contributed by atoms with Gasteiger partial charge in [0, 0.05) is 18.8 Å². The zero-order chi connectivity index (χ0) is 13.8. The number of primary amides is 1. The molecule has 0 saturated carbocycles. The van der Waals surface area contributed by atoms with E-state index >= 15 is 0 Å².